The lowest BCUT2D eigenvalue weighted by molar-refractivity contribution is -0.432. The number of halogens is 4. The van der Waals surface area contributed by atoms with Crippen LogP contribution >= 0.6 is 70.5 Å². The molecule has 0 aliphatic heterocycles. The summed E-state index contributed by atoms with van der Waals surface area (Å²) in [5.41, 5.74) is 4.56. The van der Waals surface area contributed by atoms with Gasteiger partial charge in [-0.15, -0.1) is 18.9 Å². The summed E-state index contributed by atoms with van der Waals surface area (Å²) in [4.78, 5) is 21.1. The highest BCUT2D eigenvalue weighted by Gasteiger charge is 2.26. The average molecular weight is 1010 g/mol. The van der Waals surface area contributed by atoms with Gasteiger partial charge in [-0.3, -0.25) is 9.11 Å². The highest BCUT2D eigenvalue weighted by Crippen LogP contribution is 2.50. The smallest absolute Gasteiger partial charge is 0.296 e. The molecule has 4 aromatic carbocycles. The fourth-order valence-electron chi connectivity index (χ4n) is 4.95. The molecule has 2 heterocycles. The zero-order valence-corrected chi connectivity index (χ0v) is 35.6. The summed E-state index contributed by atoms with van der Waals surface area (Å²) in [6.07, 6.45) is 0. The van der Waals surface area contributed by atoms with Gasteiger partial charge < -0.3 is 21.5 Å². The van der Waals surface area contributed by atoms with Crippen LogP contribution in [0.1, 0.15) is 0 Å². The van der Waals surface area contributed by atoms with E-state index in [0.29, 0.717) is 24.1 Å². The van der Waals surface area contributed by atoms with Crippen LogP contribution in [0.15, 0.2) is 88.6 Å². The van der Waals surface area contributed by atoms with E-state index in [2.05, 4.69) is 79.7 Å². The number of benzene rings is 4. The molecule has 9 N–H and O–H groups in total. The second-order valence-corrected chi connectivity index (χ2v) is 16.7. The lowest BCUT2D eigenvalue weighted by Gasteiger charge is -2.14. The van der Waals surface area contributed by atoms with Gasteiger partial charge in [-0.1, -0.05) is 10.1 Å². The van der Waals surface area contributed by atoms with Crippen LogP contribution in [-0.2, 0) is 39.0 Å². The number of nitrogens with one attached hydrogen (secondary N) is 2. The molecule has 0 fully saturated rings. The first kappa shape index (κ1) is 46.5. The fourth-order valence-corrected chi connectivity index (χ4v) is 7.90. The normalized spacial score (nSPS) is 12.2. The molecule has 0 spiro atoms. The number of rotatable bonds is 16. The summed E-state index contributed by atoms with van der Waals surface area (Å²) in [6.45, 7) is 0. The number of aromatic nitrogens is 6. The number of phenols is 1. The zero-order chi connectivity index (χ0) is 44.9. The van der Waals surface area contributed by atoms with E-state index in [9.17, 15) is 31.0 Å². The minimum absolute atomic E-state index is 0.0822. The van der Waals surface area contributed by atoms with Gasteiger partial charge in [0.25, 0.3) is 20.2 Å². The Labute approximate surface area is 373 Å². The van der Waals surface area contributed by atoms with Crippen molar-refractivity contribution in [2.45, 2.75) is 19.6 Å². The van der Waals surface area contributed by atoms with E-state index in [1.165, 1.54) is 18.2 Å². The topological polar surface area (TPSA) is 383 Å². The molecule has 324 valence electrons. The molecule has 0 aliphatic rings. The van der Waals surface area contributed by atoms with Crippen LogP contribution in [0.2, 0.25) is 21.1 Å². The molecular weight excluding hydrogens is 996 g/mol. The molecule has 6 rings (SSSR count). The van der Waals surface area contributed by atoms with E-state index >= 15 is 0 Å². The summed E-state index contributed by atoms with van der Waals surface area (Å²) >= 11 is 24.2. The first-order valence-electron chi connectivity index (χ1n) is 15.5. The number of azo groups is 2. The summed E-state index contributed by atoms with van der Waals surface area (Å²) in [6, 6.07) is 9.15. The minimum atomic E-state index is -5.21. The zero-order valence-electron chi connectivity index (χ0n) is 29.3. The molecule has 0 bridgehead atoms. The summed E-state index contributed by atoms with van der Waals surface area (Å²) in [7, 11) is -10.1. The minimum Gasteiger partial charge on any atom is -0.505 e. The van der Waals surface area contributed by atoms with Crippen molar-refractivity contribution in [3.63, 3.8) is 0 Å². The standard InChI is InChI=1S/C28H17Cl4N13O13S4/c29-23-36-24(30)39-27(38-23)34-12-7-10(1-3-14(12)59-57-55-47)42-44-20-15(60-58-56-48)5-9-6-17(62(52,53)54)21(22(46)18(9)19(20)33)45-43-11-2-4-16(61(49,50)51)13(8-11)35-28-40-25(31)37-26(32)41-28/h1-8,46-48H,33H2,(H,49,50,51)(H,52,53,54)(H,34,36,38,39)(H,35,37,40,41). The van der Waals surface area contributed by atoms with Gasteiger partial charge in [0.15, 0.2) is 5.75 Å². The Bertz CT molecular complexity index is 2980. The molecule has 0 saturated heterocycles. The van der Waals surface area contributed by atoms with Crippen molar-refractivity contribution in [2.24, 2.45) is 20.5 Å². The second kappa shape index (κ2) is 19.6. The molecule has 0 atom stereocenters. The van der Waals surface area contributed by atoms with Gasteiger partial charge >= 0.3 is 0 Å². The van der Waals surface area contributed by atoms with Crippen LogP contribution in [-0.4, -0.2) is 71.5 Å². The van der Waals surface area contributed by atoms with Crippen molar-refractivity contribution in [3.05, 3.63) is 69.7 Å². The Kier molecular flexibility index (Phi) is 14.7. The average Bonchev–Trinajstić information content (AvgIpc) is 3.17. The Hall–Kier alpha value is -5.00. The molecule has 0 aliphatic carbocycles. The van der Waals surface area contributed by atoms with Gasteiger partial charge in [0, 0.05) is 0 Å². The van der Waals surface area contributed by atoms with Gasteiger partial charge in [-0.2, -0.15) is 57.0 Å². The van der Waals surface area contributed by atoms with Gasteiger partial charge in [-0.05, 0) is 100 Å². The third-order valence-corrected chi connectivity index (χ3v) is 11.0. The van der Waals surface area contributed by atoms with Crippen LogP contribution in [0.25, 0.3) is 10.8 Å². The van der Waals surface area contributed by atoms with Gasteiger partial charge in [-0.25, -0.2) is 10.5 Å². The molecule has 0 radical (unpaired) electrons. The number of phenolic OH excluding ortho intramolecular Hbond substituents is 1. The van der Waals surface area contributed by atoms with Crippen molar-refractivity contribution in [1.29, 1.82) is 0 Å². The van der Waals surface area contributed by atoms with E-state index in [1.807, 2.05) is 0 Å². The lowest BCUT2D eigenvalue weighted by atomic mass is 10.1. The van der Waals surface area contributed by atoms with Crippen LogP contribution in [0.5, 0.6) is 5.75 Å². The summed E-state index contributed by atoms with van der Waals surface area (Å²) in [5.74, 6) is -1.46. The molecule has 2 aromatic heterocycles. The van der Waals surface area contributed by atoms with E-state index in [1.54, 1.807) is 0 Å². The Morgan fingerprint density at radius 2 is 1.10 bits per heavy atom. The van der Waals surface area contributed by atoms with Gasteiger partial charge in [0.2, 0.25) is 33.0 Å². The first-order valence-corrected chi connectivity index (χ1v) is 21.4. The first-order chi connectivity index (χ1) is 29.3. The van der Waals surface area contributed by atoms with Crippen LogP contribution in [0.3, 0.4) is 0 Å². The number of nitrogens with zero attached hydrogens (tertiary/aromatic N) is 10. The highest BCUT2D eigenvalue weighted by atomic mass is 35.5. The molecule has 26 nitrogen and oxygen atoms in total. The van der Waals surface area contributed by atoms with Crippen molar-refractivity contribution >= 4 is 153 Å². The number of hydrogen-bond acceptors (Lipinski definition) is 26. The van der Waals surface area contributed by atoms with Crippen LogP contribution in [0, 0.1) is 0 Å². The van der Waals surface area contributed by atoms with E-state index in [4.69, 9.17) is 62.7 Å². The third kappa shape index (κ3) is 11.3. The maximum Gasteiger partial charge on any atom is 0.296 e. The van der Waals surface area contributed by atoms with E-state index in [0.717, 1.165) is 30.3 Å². The maximum absolute atomic E-state index is 12.6. The SMILES string of the molecule is Nc1c(N=Nc2ccc(SOOO)c(Nc3nc(Cl)nc(Cl)n3)c2)c(SOOO)cc2cc(S(=O)(=O)O)c(N=Nc3ccc(S(=O)(=O)O)c(Nc4nc(Cl)nc(Cl)n4)c3)c(O)c12. The third-order valence-electron chi connectivity index (χ3n) is 7.29. The maximum atomic E-state index is 12.6. The monoisotopic (exact) mass is 1010 g/mol. The number of anilines is 5. The lowest BCUT2D eigenvalue weighted by Crippen LogP contribution is -2.05. The number of hydrogen-bond donors (Lipinski definition) is 8. The molecule has 0 saturated carbocycles. The molecule has 6 aromatic rings. The summed E-state index contributed by atoms with van der Waals surface area (Å²) in [5, 5.41) is 56.1. The second-order valence-electron chi connectivity index (χ2n) is 11.1. The van der Waals surface area contributed by atoms with Crippen molar-refractivity contribution in [2.75, 3.05) is 16.4 Å². The Morgan fingerprint density at radius 1 is 0.613 bits per heavy atom. The molecule has 0 amide bonds. The number of nitrogens with two attached hydrogens (primary N) is 1. The highest BCUT2D eigenvalue weighted by molar-refractivity contribution is 7.95. The number of aromatic hydroxyl groups is 1. The fraction of sp³-hybridized carbons (Fsp3) is 0. The van der Waals surface area contributed by atoms with Crippen LogP contribution in [0.4, 0.5) is 51.7 Å². The van der Waals surface area contributed by atoms with Crippen molar-refractivity contribution in [3.8, 4) is 5.75 Å². The van der Waals surface area contributed by atoms with Crippen molar-refractivity contribution in [1.82, 2.24) is 29.9 Å². The van der Waals surface area contributed by atoms with Crippen LogP contribution < -0.4 is 16.4 Å². The number of fused-ring (bicyclic) bond motifs is 1. The predicted octanol–water partition coefficient (Wildman–Crippen LogP) is 8.78. The summed E-state index contributed by atoms with van der Waals surface area (Å²) < 4.78 is 78.7. The van der Waals surface area contributed by atoms with Gasteiger partial charge in [0.05, 0.1) is 67.7 Å². The van der Waals surface area contributed by atoms with E-state index in [-0.39, 0.29) is 76.3 Å². The molecular formula is C28H17Cl4N13O13S4. The van der Waals surface area contributed by atoms with Crippen molar-refractivity contribution < 1.29 is 60.3 Å². The van der Waals surface area contributed by atoms with E-state index < -0.39 is 52.8 Å². The molecule has 34 heteroatoms. The number of nitrogen functional groups attached to an aromatic ring is 1. The Morgan fingerprint density at radius 3 is 1.63 bits per heavy atom. The molecule has 0 unspecified atom stereocenters. The van der Waals surface area contributed by atoms with Gasteiger partial charge in [0.1, 0.15) is 21.2 Å². The Balaban J connectivity index is 1.46. The quantitative estimate of drug-likeness (QED) is 0.0112. The molecule has 62 heavy (non-hydrogen) atoms. The largest absolute Gasteiger partial charge is 0.505 e. The predicted molar refractivity (Wildman–Crippen MR) is 218 cm³/mol.